The normalized spacial score (nSPS) is 10.0. The minimum atomic E-state index is -1.00. The Kier molecular flexibility index (Phi) is 4.33. The van der Waals surface area contributed by atoms with E-state index in [9.17, 15) is 4.79 Å². The fourth-order valence-corrected chi connectivity index (χ4v) is 2.07. The first kappa shape index (κ1) is 14.7. The van der Waals surface area contributed by atoms with Crippen LogP contribution in [0.3, 0.4) is 0 Å². The highest BCUT2D eigenvalue weighted by Crippen LogP contribution is 2.38. The summed E-state index contributed by atoms with van der Waals surface area (Å²) in [5.41, 5.74) is 1.67. The van der Waals surface area contributed by atoms with E-state index >= 15 is 0 Å². The molecule has 110 valence electrons. The molecule has 2 aromatic rings. The minimum absolute atomic E-state index is 0.164. The van der Waals surface area contributed by atoms with Gasteiger partial charge >= 0.3 is 5.97 Å². The van der Waals surface area contributed by atoms with Crippen LogP contribution in [0.4, 0.5) is 0 Å². The van der Waals surface area contributed by atoms with Crippen molar-refractivity contribution in [2.45, 2.75) is 0 Å². The summed E-state index contributed by atoms with van der Waals surface area (Å²) < 4.78 is 15.9. The summed E-state index contributed by atoms with van der Waals surface area (Å²) in [4.78, 5) is 11.0. The van der Waals surface area contributed by atoms with Crippen LogP contribution in [-0.4, -0.2) is 32.4 Å². The van der Waals surface area contributed by atoms with Gasteiger partial charge in [-0.3, -0.25) is 0 Å². The van der Waals surface area contributed by atoms with E-state index in [-0.39, 0.29) is 5.56 Å². The van der Waals surface area contributed by atoms with Crippen LogP contribution in [0.2, 0.25) is 0 Å². The molecule has 0 radical (unpaired) electrons. The van der Waals surface area contributed by atoms with Crippen molar-refractivity contribution in [2.24, 2.45) is 0 Å². The van der Waals surface area contributed by atoms with Crippen molar-refractivity contribution < 1.29 is 24.1 Å². The summed E-state index contributed by atoms with van der Waals surface area (Å²) in [6.45, 7) is 0. The summed E-state index contributed by atoms with van der Waals surface area (Å²) >= 11 is 0. The summed E-state index contributed by atoms with van der Waals surface area (Å²) in [5.74, 6) is 0.784. The Morgan fingerprint density at radius 2 is 1.57 bits per heavy atom. The molecule has 0 aromatic heterocycles. The molecule has 0 fully saturated rings. The fourth-order valence-electron chi connectivity index (χ4n) is 2.07. The first-order valence-electron chi connectivity index (χ1n) is 6.24. The highest BCUT2D eigenvalue weighted by Gasteiger charge is 2.15. The van der Waals surface area contributed by atoms with E-state index in [0.29, 0.717) is 17.2 Å². The largest absolute Gasteiger partial charge is 0.497 e. The van der Waals surface area contributed by atoms with E-state index < -0.39 is 5.97 Å². The molecule has 0 heterocycles. The molecule has 21 heavy (non-hydrogen) atoms. The second-order valence-electron chi connectivity index (χ2n) is 4.29. The van der Waals surface area contributed by atoms with Crippen LogP contribution in [-0.2, 0) is 0 Å². The van der Waals surface area contributed by atoms with Crippen LogP contribution < -0.4 is 14.2 Å². The smallest absolute Gasteiger partial charge is 0.335 e. The standard InChI is InChI=1S/C16H16O5/c1-19-11-5-7-14(20-2)13(9-11)12-6-4-10(16(17)18)8-15(12)21-3/h4-9H,1-3H3,(H,17,18). The number of aromatic carboxylic acids is 1. The van der Waals surface area contributed by atoms with Crippen molar-refractivity contribution >= 4 is 5.97 Å². The summed E-state index contributed by atoms with van der Waals surface area (Å²) in [5, 5.41) is 9.05. The van der Waals surface area contributed by atoms with Gasteiger partial charge in [-0.1, -0.05) is 0 Å². The van der Waals surface area contributed by atoms with Crippen LogP contribution in [0.25, 0.3) is 11.1 Å². The van der Waals surface area contributed by atoms with Gasteiger partial charge in [0.1, 0.15) is 17.2 Å². The number of carboxylic acid groups (broad SMARTS) is 1. The molecule has 0 saturated heterocycles. The van der Waals surface area contributed by atoms with Gasteiger partial charge in [-0.2, -0.15) is 0 Å². The monoisotopic (exact) mass is 288 g/mol. The number of benzene rings is 2. The molecular weight excluding hydrogens is 272 g/mol. The van der Waals surface area contributed by atoms with Crippen molar-refractivity contribution in [3.05, 3.63) is 42.0 Å². The van der Waals surface area contributed by atoms with Gasteiger partial charge in [0, 0.05) is 11.1 Å². The molecule has 2 aromatic carbocycles. The van der Waals surface area contributed by atoms with E-state index in [1.54, 1.807) is 32.4 Å². The molecule has 5 nitrogen and oxygen atoms in total. The first-order chi connectivity index (χ1) is 10.1. The van der Waals surface area contributed by atoms with E-state index in [2.05, 4.69) is 0 Å². The van der Waals surface area contributed by atoms with Crippen molar-refractivity contribution in [1.29, 1.82) is 0 Å². The molecular formula is C16H16O5. The molecule has 0 bridgehead atoms. The second kappa shape index (κ2) is 6.17. The number of rotatable bonds is 5. The number of hydrogen-bond acceptors (Lipinski definition) is 4. The molecule has 0 atom stereocenters. The third-order valence-electron chi connectivity index (χ3n) is 3.15. The van der Waals surface area contributed by atoms with Gasteiger partial charge < -0.3 is 19.3 Å². The van der Waals surface area contributed by atoms with Gasteiger partial charge in [-0.25, -0.2) is 4.79 Å². The Morgan fingerprint density at radius 1 is 0.857 bits per heavy atom. The third kappa shape index (κ3) is 2.91. The van der Waals surface area contributed by atoms with E-state index in [4.69, 9.17) is 19.3 Å². The molecule has 0 amide bonds. The zero-order chi connectivity index (χ0) is 15.4. The van der Waals surface area contributed by atoms with Crippen LogP contribution in [0.1, 0.15) is 10.4 Å². The topological polar surface area (TPSA) is 65.0 Å². The van der Waals surface area contributed by atoms with Gasteiger partial charge in [-0.05, 0) is 36.4 Å². The molecule has 2 rings (SSSR count). The third-order valence-corrected chi connectivity index (χ3v) is 3.15. The zero-order valence-electron chi connectivity index (χ0n) is 12.0. The first-order valence-corrected chi connectivity index (χ1v) is 6.24. The summed E-state index contributed by atoms with van der Waals surface area (Å²) in [6.07, 6.45) is 0. The Hall–Kier alpha value is -2.69. The lowest BCUT2D eigenvalue weighted by Gasteiger charge is -2.14. The fraction of sp³-hybridized carbons (Fsp3) is 0.188. The van der Waals surface area contributed by atoms with Crippen molar-refractivity contribution in [3.8, 4) is 28.4 Å². The van der Waals surface area contributed by atoms with Gasteiger partial charge in [-0.15, -0.1) is 0 Å². The predicted octanol–water partition coefficient (Wildman–Crippen LogP) is 3.08. The Labute approximate surface area is 122 Å². The van der Waals surface area contributed by atoms with Gasteiger partial charge in [0.15, 0.2) is 0 Å². The van der Waals surface area contributed by atoms with Crippen molar-refractivity contribution in [3.63, 3.8) is 0 Å². The average molecular weight is 288 g/mol. The molecule has 0 aliphatic rings. The van der Waals surface area contributed by atoms with E-state index in [1.807, 2.05) is 6.07 Å². The number of ether oxygens (including phenoxy) is 3. The van der Waals surface area contributed by atoms with Crippen molar-refractivity contribution in [2.75, 3.05) is 21.3 Å². The highest BCUT2D eigenvalue weighted by atomic mass is 16.5. The molecule has 0 aliphatic carbocycles. The van der Waals surface area contributed by atoms with Crippen LogP contribution >= 0.6 is 0 Å². The molecule has 0 saturated carbocycles. The molecule has 0 aliphatic heterocycles. The second-order valence-corrected chi connectivity index (χ2v) is 4.29. The molecule has 1 N–H and O–H groups in total. The van der Waals surface area contributed by atoms with Crippen LogP contribution in [0, 0.1) is 0 Å². The number of carbonyl (C=O) groups is 1. The molecule has 5 heteroatoms. The highest BCUT2D eigenvalue weighted by molar-refractivity contribution is 5.90. The molecule has 0 spiro atoms. The average Bonchev–Trinajstić information content (AvgIpc) is 2.53. The van der Waals surface area contributed by atoms with Gasteiger partial charge in [0.25, 0.3) is 0 Å². The summed E-state index contributed by atoms with van der Waals surface area (Å²) in [6, 6.07) is 10.1. The van der Waals surface area contributed by atoms with E-state index in [1.165, 1.54) is 19.2 Å². The zero-order valence-corrected chi connectivity index (χ0v) is 12.0. The maximum absolute atomic E-state index is 11.0. The minimum Gasteiger partial charge on any atom is -0.497 e. The maximum atomic E-state index is 11.0. The van der Waals surface area contributed by atoms with Crippen LogP contribution in [0.5, 0.6) is 17.2 Å². The van der Waals surface area contributed by atoms with Gasteiger partial charge in [0.2, 0.25) is 0 Å². The lowest BCUT2D eigenvalue weighted by molar-refractivity contribution is 0.0696. The lowest BCUT2D eigenvalue weighted by Crippen LogP contribution is -1.99. The van der Waals surface area contributed by atoms with Crippen molar-refractivity contribution in [1.82, 2.24) is 0 Å². The predicted molar refractivity (Wildman–Crippen MR) is 78.5 cm³/mol. The Morgan fingerprint density at radius 3 is 2.14 bits per heavy atom. The number of carboxylic acids is 1. The Balaban J connectivity index is 2.62. The quantitative estimate of drug-likeness (QED) is 0.916. The van der Waals surface area contributed by atoms with Gasteiger partial charge in [0.05, 0.1) is 26.9 Å². The lowest BCUT2D eigenvalue weighted by atomic mass is 10.0. The maximum Gasteiger partial charge on any atom is 0.335 e. The van der Waals surface area contributed by atoms with Crippen LogP contribution in [0.15, 0.2) is 36.4 Å². The number of hydrogen-bond donors (Lipinski definition) is 1. The Bertz CT molecular complexity index is 664. The van der Waals surface area contributed by atoms with E-state index in [0.717, 1.165) is 11.1 Å². The molecule has 0 unspecified atom stereocenters. The summed E-state index contributed by atoms with van der Waals surface area (Å²) in [7, 11) is 4.65. The number of methoxy groups -OCH3 is 3. The SMILES string of the molecule is COc1ccc(OC)c(-c2ccc(C(=O)O)cc2OC)c1.